The van der Waals surface area contributed by atoms with Gasteiger partial charge in [-0.15, -0.1) is 0 Å². The predicted octanol–water partition coefficient (Wildman–Crippen LogP) is 2.86. The van der Waals surface area contributed by atoms with Crippen molar-refractivity contribution in [3.63, 3.8) is 0 Å². The number of nitrogens with zero attached hydrogens (tertiary/aromatic N) is 6. The lowest BCUT2D eigenvalue weighted by molar-refractivity contribution is 0.224. The Bertz CT molecular complexity index is 1200. The molecule has 4 rings (SSSR count). The normalized spacial score (nSPS) is 12.1. The Kier molecular flexibility index (Phi) is 4.16. The van der Waals surface area contributed by atoms with Crippen molar-refractivity contribution >= 4 is 11.3 Å². The molecule has 0 aliphatic rings. The van der Waals surface area contributed by atoms with Gasteiger partial charge in [0.05, 0.1) is 24.3 Å². The number of nitrogens with two attached hydrogens (primary N) is 1. The van der Waals surface area contributed by atoms with Gasteiger partial charge in [-0.3, -0.25) is 9.67 Å². The molecule has 9 heteroatoms. The molecular formula is C19H16FN7O. The zero-order chi connectivity index (χ0) is 19.8. The first-order chi connectivity index (χ1) is 13.5. The van der Waals surface area contributed by atoms with E-state index < -0.39 is 11.9 Å². The lowest BCUT2D eigenvalue weighted by Crippen LogP contribution is -2.07. The summed E-state index contributed by atoms with van der Waals surface area (Å²) in [4.78, 5) is 4.06. The highest BCUT2D eigenvalue weighted by Gasteiger charge is 2.18. The van der Waals surface area contributed by atoms with Crippen LogP contribution >= 0.6 is 0 Å². The molecule has 1 atom stereocenters. The van der Waals surface area contributed by atoms with E-state index >= 15 is 0 Å². The standard InChI is InChI=1S/C19H16FN7O/c1-11(16-4-3-14(20)8-23-16)28-17-5-12(15-9-24-26(2)19(15)22)10-27-18(17)13(6-21)7-25-27/h3-5,7-11H,22H2,1-2H3/t11-/m1/s1. The molecule has 28 heavy (non-hydrogen) atoms. The molecule has 0 unspecified atom stereocenters. The summed E-state index contributed by atoms with van der Waals surface area (Å²) in [6.45, 7) is 1.80. The van der Waals surface area contributed by atoms with Gasteiger partial charge in [-0.25, -0.2) is 8.91 Å². The van der Waals surface area contributed by atoms with E-state index in [-0.39, 0.29) is 0 Å². The van der Waals surface area contributed by atoms with Gasteiger partial charge in [0, 0.05) is 24.4 Å². The third-order valence-corrected chi connectivity index (χ3v) is 4.46. The lowest BCUT2D eigenvalue weighted by Gasteiger charge is -2.16. The molecule has 4 heterocycles. The summed E-state index contributed by atoms with van der Waals surface area (Å²) in [5, 5.41) is 17.8. The second-order valence-corrected chi connectivity index (χ2v) is 6.28. The first-order valence-electron chi connectivity index (χ1n) is 8.45. The van der Waals surface area contributed by atoms with Gasteiger partial charge in [0.1, 0.15) is 40.6 Å². The number of aryl methyl sites for hydroxylation is 1. The van der Waals surface area contributed by atoms with Gasteiger partial charge in [-0.2, -0.15) is 15.5 Å². The molecule has 2 N–H and O–H groups in total. The van der Waals surface area contributed by atoms with Crippen molar-refractivity contribution in [3.05, 3.63) is 60.1 Å². The maximum atomic E-state index is 13.2. The van der Waals surface area contributed by atoms with Crippen LogP contribution in [0.4, 0.5) is 10.2 Å². The molecular weight excluding hydrogens is 361 g/mol. The predicted molar refractivity (Wildman–Crippen MR) is 99.8 cm³/mol. The number of fused-ring (bicyclic) bond motifs is 1. The number of nitrogen functional groups attached to an aromatic ring is 1. The molecule has 0 radical (unpaired) electrons. The Morgan fingerprint density at radius 2 is 2.07 bits per heavy atom. The van der Waals surface area contributed by atoms with E-state index in [1.54, 1.807) is 47.7 Å². The fourth-order valence-electron chi connectivity index (χ4n) is 2.95. The highest BCUT2D eigenvalue weighted by Crippen LogP contribution is 2.34. The minimum absolute atomic E-state index is 0.375. The number of anilines is 1. The molecule has 0 bridgehead atoms. The van der Waals surface area contributed by atoms with E-state index in [9.17, 15) is 9.65 Å². The van der Waals surface area contributed by atoms with Crippen LogP contribution in [0, 0.1) is 17.1 Å². The highest BCUT2D eigenvalue weighted by atomic mass is 19.1. The Balaban J connectivity index is 1.83. The van der Waals surface area contributed by atoms with E-state index in [1.165, 1.54) is 12.3 Å². The van der Waals surface area contributed by atoms with Crippen molar-refractivity contribution in [2.24, 2.45) is 7.05 Å². The number of rotatable bonds is 4. The summed E-state index contributed by atoms with van der Waals surface area (Å²) in [5.41, 5.74) is 9.02. The second kappa shape index (κ2) is 6.66. The van der Waals surface area contributed by atoms with Crippen molar-refractivity contribution in [2.45, 2.75) is 13.0 Å². The smallest absolute Gasteiger partial charge is 0.148 e. The van der Waals surface area contributed by atoms with Crippen LogP contribution in [0.25, 0.3) is 16.6 Å². The van der Waals surface area contributed by atoms with Crippen LogP contribution in [-0.2, 0) is 7.05 Å². The SMILES string of the molecule is C[C@@H](Oc1cc(-c2cnn(C)c2N)cn2ncc(C#N)c12)c1ccc(F)cn1. The van der Waals surface area contributed by atoms with Crippen molar-refractivity contribution in [2.75, 3.05) is 5.73 Å². The molecule has 140 valence electrons. The third-order valence-electron chi connectivity index (χ3n) is 4.46. The summed E-state index contributed by atoms with van der Waals surface area (Å²) in [5.74, 6) is 0.509. The van der Waals surface area contributed by atoms with Crippen LogP contribution in [0.5, 0.6) is 5.75 Å². The van der Waals surface area contributed by atoms with E-state index in [4.69, 9.17) is 10.5 Å². The first-order valence-corrected chi connectivity index (χ1v) is 8.45. The zero-order valence-corrected chi connectivity index (χ0v) is 15.2. The summed E-state index contributed by atoms with van der Waals surface area (Å²) >= 11 is 0. The number of hydrogen-bond acceptors (Lipinski definition) is 6. The molecule has 8 nitrogen and oxygen atoms in total. The molecule has 0 saturated carbocycles. The molecule has 0 spiro atoms. The Labute approximate surface area is 159 Å². The summed E-state index contributed by atoms with van der Waals surface area (Å²) in [6, 6.07) is 6.78. The van der Waals surface area contributed by atoms with E-state index in [2.05, 4.69) is 21.3 Å². The average molecular weight is 377 g/mol. The Morgan fingerprint density at radius 3 is 2.71 bits per heavy atom. The third kappa shape index (κ3) is 2.91. The number of nitriles is 1. The van der Waals surface area contributed by atoms with Crippen LogP contribution in [0.3, 0.4) is 0 Å². The Hall–Kier alpha value is -3.93. The summed E-state index contributed by atoms with van der Waals surface area (Å²) < 4.78 is 22.4. The second-order valence-electron chi connectivity index (χ2n) is 6.28. The number of pyridine rings is 2. The maximum absolute atomic E-state index is 13.2. The van der Waals surface area contributed by atoms with Crippen molar-refractivity contribution in [3.8, 4) is 22.9 Å². The number of aromatic nitrogens is 5. The van der Waals surface area contributed by atoms with Crippen LogP contribution in [0.1, 0.15) is 24.3 Å². The molecule has 4 aromatic rings. The molecule has 0 fully saturated rings. The highest BCUT2D eigenvalue weighted by molar-refractivity contribution is 5.79. The van der Waals surface area contributed by atoms with Crippen molar-refractivity contribution < 1.29 is 9.13 Å². The Morgan fingerprint density at radius 1 is 1.25 bits per heavy atom. The van der Waals surface area contributed by atoms with Gasteiger partial charge in [-0.05, 0) is 25.1 Å². The quantitative estimate of drug-likeness (QED) is 0.586. The molecule has 0 amide bonds. The van der Waals surface area contributed by atoms with Gasteiger partial charge < -0.3 is 10.5 Å². The average Bonchev–Trinajstić information content (AvgIpc) is 3.25. The van der Waals surface area contributed by atoms with Crippen LogP contribution in [-0.4, -0.2) is 24.4 Å². The van der Waals surface area contributed by atoms with E-state index in [0.29, 0.717) is 28.3 Å². The minimum Gasteiger partial charge on any atom is -0.482 e. The monoisotopic (exact) mass is 377 g/mol. The van der Waals surface area contributed by atoms with Crippen molar-refractivity contribution in [1.82, 2.24) is 24.4 Å². The maximum Gasteiger partial charge on any atom is 0.148 e. The molecule has 0 saturated heterocycles. The van der Waals surface area contributed by atoms with Gasteiger partial charge in [-0.1, -0.05) is 0 Å². The molecule has 0 aromatic carbocycles. The fourth-order valence-corrected chi connectivity index (χ4v) is 2.95. The topological polar surface area (TPSA) is 107 Å². The summed E-state index contributed by atoms with van der Waals surface area (Å²) in [7, 11) is 1.75. The molecule has 4 aromatic heterocycles. The van der Waals surface area contributed by atoms with Crippen molar-refractivity contribution in [1.29, 1.82) is 5.26 Å². The number of halogens is 1. The summed E-state index contributed by atoms with van der Waals surface area (Å²) in [6.07, 6.45) is 5.54. The van der Waals surface area contributed by atoms with E-state index in [0.717, 1.165) is 17.3 Å². The minimum atomic E-state index is -0.479. The van der Waals surface area contributed by atoms with Gasteiger partial charge in [0.2, 0.25) is 0 Å². The number of ether oxygens (including phenoxy) is 1. The van der Waals surface area contributed by atoms with Crippen LogP contribution < -0.4 is 10.5 Å². The van der Waals surface area contributed by atoms with Crippen LogP contribution in [0.15, 0.2) is 43.0 Å². The van der Waals surface area contributed by atoms with Gasteiger partial charge >= 0.3 is 0 Å². The van der Waals surface area contributed by atoms with E-state index in [1.807, 2.05) is 0 Å². The van der Waals surface area contributed by atoms with Crippen LogP contribution in [0.2, 0.25) is 0 Å². The number of hydrogen-bond donors (Lipinski definition) is 1. The van der Waals surface area contributed by atoms with Gasteiger partial charge in [0.25, 0.3) is 0 Å². The zero-order valence-electron chi connectivity index (χ0n) is 15.2. The van der Waals surface area contributed by atoms with Gasteiger partial charge in [0.15, 0.2) is 0 Å². The molecule has 0 aliphatic carbocycles. The molecule has 0 aliphatic heterocycles. The lowest BCUT2D eigenvalue weighted by atomic mass is 10.1. The fraction of sp³-hybridized carbons (Fsp3) is 0.158. The largest absolute Gasteiger partial charge is 0.482 e. The first kappa shape index (κ1) is 17.5.